The van der Waals surface area contributed by atoms with Crippen LogP contribution in [0.4, 0.5) is 5.69 Å². The number of anilines is 1. The molecule has 6 nitrogen and oxygen atoms in total. The molecule has 1 atom stereocenters. The molecule has 31 heavy (non-hydrogen) atoms. The van der Waals surface area contributed by atoms with Crippen LogP contribution in [0.1, 0.15) is 28.5 Å². The van der Waals surface area contributed by atoms with Crippen LogP contribution in [0.3, 0.4) is 0 Å². The number of hydrogen-bond donors (Lipinski definition) is 0. The number of amides is 1. The van der Waals surface area contributed by atoms with E-state index in [9.17, 15) is 14.4 Å². The Kier molecular flexibility index (Phi) is 5.82. The maximum Gasteiger partial charge on any atom is 0.270 e. The van der Waals surface area contributed by atoms with E-state index < -0.39 is 17.4 Å². The second-order valence-electron chi connectivity index (χ2n) is 7.13. The second kappa shape index (κ2) is 8.70. The summed E-state index contributed by atoms with van der Waals surface area (Å²) in [5.41, 5.74) is 0.392. The van der Waals surface area contributed by atoms with Crippen molar-refractivity contribution in [3.8, 4) is 0 Å². The summed E-state index contributed by atoms with van der Waals surface area (Å²) in [7, 11) is 0. The Labute approximate surface area is 184 Å². The fraction of sp³-hybridized carbons (Fsp3) is 0.167. The molecule has 156 valence electrons. The molecule has 1 amide bonds. The number of carbonyl (C=O) groups excluding carboxylic acids is 2. The van der Waals surface area contributed by atoms with Gasteiger partial charge in [-0.05, 0) is 54.8 Å². The van der Waals surface area contributed by atoms with Crippen LogP contribution < -0.4 is 10.5 Å². The lowest BCUT2D eigenvalue weighted by Crippen LogP contribution is -2.38. The van der Waals surface area contributed by atoms with E-state index in [2.05, 4.69) is 4.99 Å². The maximum atomic E-state index is 13.4. The van der Waals surface area contributed by atoms with Crippen LogP contribution in [0.25, 0.3) is 10.9 Å². The molecule has 4 rings (SSSR count). The van der Waals surface area contributed by atoms with Crippen molar-refractivity contribution in [3.63, 3.8) is 0 Å². The van der Waals surface area contributed by atoms with Gasteiger partial charge in [0.15, 0.2) is 0 Å². The van der Waals surface area contributed by atoms with Crippen molar-refractivity contribution in [2.24, 2.45) is 4.99 Å². The summed E-state index contributed by atoms with van der Waals surface area (Å²) >= 11 is 5.96. The number of aromatic nitrogens is 1. The van der Waals surface area contributed by atoms with Gasteiger partial charge in [-0.2, -0.15) is 0 Å². The van der Waals surface area contributed by atoms with Crippen LogP contribution in [-0.4, -0.2) is 35.2 Å². The highest BCUT2D eigenvalue weighted by Gasteiger charge is 2.24. The maximum absolute atomic E-state index is 13.4. The molecule has 1 aliphatic rings. The van der Waals surface area contributed by atoms with Crippen LogP contribution in [0, 0.1) is 0 Å². The van der Waals surface area contributed by atoms with E-state index in [0.29, 0.717) is 28.2 Å². The number of benzene rings is 2. The number of rotatable bonds is 5. The van der Waals surface area contributed by atoms with Gasteiger partial charge in [0.2, 0.25) is 5.91 Å². The lowest BCUT2D eigenvalue weighted by atomic mass is 10.1. The summed E-state index contributed by atoms with van der Waals surface area (Å²) in [4.78, 5) is 45.5. The average molecular weight is 434 g/mol. The van der Waals surface area contributed by atoms with E-state index in [1.54, 1.807) is 73.0 Å². The summed E-state index contributed by atoms with van der Waals surface area (Å²) in [5.74, 6) is -0.875. The van der Waals surface area contributed by atoms with Crippen LogP contribution in [0.2, 0.25) is 5.02 Å². The monoisotopic (exact) mass is 433 g/mol. The lowest BCUT2D eigenvalue weighted by molar-refractivity contribution is 0.0900. The summed E-state index contributed by atoms with van der Waals surface area (Å²) in [6, 6.07) is 15.1. The molecular formula is C24H20ClN3O3. The molecular weight excluding hydrogens is 414 g/mol. The number of nitrogens with zero attached hydrogens (tertiary/aromatic N) is 3. The lowest BCUT2D eigenvalue weighted by Gasteiger charge is -2.22. The van der Waals surface area contributed by atoms with Crippen molar-refractivity contribution < 1.29 is 9.59 Å². The fourth-order valence-electron chi connectivity index (χ4n) is 3.65. The standard InChI is InChI=1S/C24H20ClN3O3/c1-2-27(19-11-9-17(25)10-12-19)23(30)20-14-16-6-3-4-8-21(16)28(24(20)31)22(29)15-18-7-5-13-26-18/h3-14,18H,2,15H2,1H3. The third kappa shape index (κ3) is 4.07. The van der Waals surface area contributed by atoms with Crippen molar-refractivity contribution in [1.82, 2.24) is 4.57 Å². The number of carbonyl (C=O) groups is 2. The van der Waals surface area contributed by atoms with Gasteiger partial charge in [0.25, 0.3) is 11.5 Å². The minimum absolute atomic E-state index is 0.0449. The highest BCUT2D eigenvalue weighted by atomic mass is 35.5. The quantitative estimate of drug-likeness (QED) is 0.600. The highest BCUT2D eigenvalue weighted by molar-refractivity contribution is 6.30. The van der Waals surface area contributed by atoms with Crippen LogP contribution >= 0.6 is 11.6 Å². The van der Waals surface area contributed by atoms with E-state index in [1.165, 1.54) is 4.90 Å². The first-order valence-corrected chi connectivity index (χ1v) is 10.3. The molecule has 2 heterocycles. The molecule has 1 aliphatic heterocycles. The van der Waals surface area contributed by atoms with Crippen molar-refractivity contribution in [2.75, 3.05) is 11.4 Å². The average Bonchev–Trinajstić information content (AvgIpc) is 3.28. The van der Waals surface area contributed by atoms with E-state index in [-0.39, 0.29) is 18.0 Å². The molecule has 0 radical (unpaired) electrons. The normalized spacial score (nSPS) is 14.8. The van der Waals surface area contributed by atoms with Gasteiger partial charge in [0.1, 0.15) is 5.56 Å². The zero-order valence-corrected chi connectivity index (χ0v) is 17.6. The molecule has 0 saturated carbocycles. The SMILES string of the molecule is CCN(C(=O)c1cc2ccccc2n(C(=O)CC2C=CC=N2)c1=O)c1ccc(Cl)cc1. The summed E-state index contributed by atoms with van der Waals surface area (Å²) in [5, 5.41) is 1.19. The first-order valence-electron chi connectivity index (χ1n) is 9.95. The predicted molar refractivity (Wildman–Crippen MR) is 124 cm³/mol. The molecule has 0 fully saturated rings. The first-order chi connectivity index (χ1) is 15.0. The van der Waals surface area contributed by atoms with Gasteiger partial charge in [-0.15, -0.1) is 0 Å². The third-order valence-electron chi connectivity index (χ3n) is 5.17. The van der Waals surface area contributed by atoms with E-state index in [1.807, 2.05) is 6.92 Å². The van der Waals surface area contributed by atoms with Crippen molar-refractivity contribution >= 4 is 46.2 Å². The molecule has 2 aromatic carbocycles. The number of hydrogen-bond acceptors (Lipinski definition) is 4. The number of allylic oxidation sites excluding steroid dienone is 1. The first kappa shape index (κ1) is 20.8. The predicted octanol–water partition coefficient (Wildman–Crippen LogP) is 4.36. The van der Waals surface area contributed by atoms with Crippen LogP contribution in [0.15, 0.2) is 76.5 Å². The summed E-state index contributed by atoms with van der Waals surface area (Å²) < 4.78 is 1.10. The van der Waals surface area contributed by atoms with E-state index in [4.69, 9.17) is 11.6 Å². The molecule has 1 unspecified atom stereocenters. The zero-order chi connectivity index (χ0) is 22.0. The van der Waals surface area contributed by atoms with Crippen molar-refractivity contribution in [1.29, 1.82) is 0 Å². The Hall–Kier alpha value is -3.51. The van der Waals surface area contributed by atoms with E-state index in [0.717, 1.165) is 4.57 Å². The minimum atomic E-state index is -0.632. The Balaban J connectivity index is 1.81. The number of fused-ring (bicyclic) bond motifs is 1. The van der Waals surface area contributed by atoms with Gasteiger partial charge < -0.3 is 4.90 Å². The molecule has 0 spiro atoms. The smallest absolute Gasteiger partial charge is 0.270 e. The van der Waals surface area contributed by atoms with Crippen molar-refractivity contribution in [3.05, 3.63) is 87.7 Å². The molecule has 0 saturated heterocycles. The largest absolute Gasteiger partial charge is 0.308 e. The Morgan fingerprint density at radius 3 is 2.55 bits per heavy atom. The molecule has 1 aromatic heterocycles. The second-order valence-corrected chi connectivity index (χ2v) is 7.57. The van der Waals surface area contributed by atoms with Gasteiger partial charge in [-0.1, -0.05) is 35.9 Å². The Bertz CT molecular complexity index is 1260. The van der Waals surface area contributed by atoms with Gasteiger partial charge in [0, 0.05) is 23.5 Å². The molecule has 0 N–H and O–H groups in total. The molecule has 3 aromatic rings. The van der Waals surface area contributed by atoms with Gasteiger partial charge in [-0.3, -0.25) is 19.4 Å². The molecule has 7 heteroatoms. The van der Waals surface area contributed by atoms with Crippen LogP contribution in [0.5, 0.6) is 0 Å². The Morgan fingerprint density at radius 1 is 1.13 bits per heavy atom. The van der Waals surface area contributed by atoms with E-state index >= 15 is 0 Å². The number of para-hydroxylation sites is 1. The van der Waals surface area contributed by atoms with Crippen molar-refractivity contribution in [2.45, 2.75) is 19.4 Å². The summed E-state index contributed by atoms with van der Waals surface area (Å²) in [6.07, 6.45) is 5.25. The number of aliphatic imine (C=N–C) groups is 1. The highest BCUT2D eigenvalue weighted by Crippen LogP contribution is 2.21. The minimum Gasteiger partial charge on any atom is -0.308 e. The van der Waals surface area contributed by atoms with Crippen LogP contribution in [-0.2, 0) is 0 Å². The van der Waals surface area contributed by atoms with Gasteiger partial charge in [0.05, 0.1) is 18.0 Å². The fourth-order valence-corrected chi connectivity index (χ4v) is 3.78. The third-order valence-corrected chi connectivity index (χ3v) is 5.42. The number of pyridine rings is 1. The Morgan fingerprint density at radius 2 is 1.87 bits per heavy atom. The number of halogens is 1. The zero-order valence-electron chi connectivity index (χ0n) is 16.9. The van der Waals surface area contributed by atoms with Gasteiger partial charge in [-0.25, -0.2) is 4.57 Å². The topological polar surface area (TPSA) is 71.7 Å². The summed E-state index contributed by atoms with van der Waals surface area (Å²) in [6.45, 7) is 2.17. The van der Waals surface area contributed by atoms with Gasteiger partial charge >= 0.3 is 0 Å². The molecule has 0 bridgehead atoms. The molecule has 0 aliphatic carbocycles.